The van der Waals surface area contributed by atoms with Crippen molar-refractivity contribution in [3.05, 3.63) is 102 Å². The van der Waals surface area contributed by atoms with E-state index in [4.69, 9.17) is 28.4 Å². The van der Waals surface area contributed by atoms with Crippen molar-refractivity contribution in [3.63, 3.8) is 0 Å². The fourth-order valence-electron chi connectivity index (χ4n) is 4.34. The topological polar surface area (TPSA) is 89.5 Å². The minimum atomic E-state index is -0.446. The van der Waals surface area contributed by atoms with E-state index in [1.165, 1.54) is 0 Å². The summed E-state index contributed by atoms with van der Waals surface area (Å²) >= 11 is 0. The number of hydrogen-bond donors (Lipinski definition) is 0. The van der Waals surface area contributed by atoms with Crippen molar-refractivity contribution in [3.8, 4) is 17.2 Å². The van der Waals surface area contributed by atoms with Gasteiger partial charge in [0.2, 0.25) is 0 Å². The molecule has 0 radical (unpaired) electrons. The predicted molar refractivity (Wildman–Crippen MR) is 174 cm³/mol. The molecule has 0 saturated carbocycles. The zero-order valence-electron chi connectivity index (χ0n) is 25.9. The third kappa shape index (κ3) is 11.9. The Morgan fingerprint density at radius 3 is 1.78 bits per heavy atom. The van der Waals surface area contributed by atoms with Crippen molar-refractivity contribution in [1.29, 1.82) is 0 Å². The van der Waals surface area contributed by atoms with E-state index in [2.05, 4.69) is 13.5 Å². The van der Waals surface area contributed by atoms with Crippen LogP contribution in [0.5, 0.6) is 17.2 Å². The predicted octanol–water partition coefficient (Wildman–Crippen LogP) is 7.18. The zero-order chi connectivity index (χ0) is 31.7. The van der Waals surface area contributed by atoms with Crippen molar-refractivity contribution < 1.29 is 38.0 Å². The average Bonchev–Trinajstić information content (AvgIpc) is 3.05. The second kappa shape index (κ2) is 17.8. The van der Waals surface area contributed by atoms with Gasteiger partial charge in [0.05, 0.1) is 45.2 Å². The number of unbranched alkanes of at least 4 members (excludes halogenated alkanes) is 2. The van der Waals surface area contributed by atoms with Gasteiger partial charge in [0.25, 0.3) is 0 Å². The highest BCUT2D eigenvalue weighted by Gasteiger charge is 2.33. The average molecular weight is 615 g/mol. The number of ether oxygens (including phenoxy) is 6. The Kier molecular flexibility index (Phi) is 13.2. The number of hydrogen-bond acceptors (Lipinski definition) is 8. The Morgan fingerprint density at radius 2 is 1.24 bits per heavy atom. The maximum Gasteiger partial charge on any atom is 0.343 e. The molecule has 0 bridgehead atoms. The first-order valence-corrected chi connectivity index (χ1v) is 15.3. The molecule has 4 rings (SSSR count). The van der Waals surface area contributed by atoms with Crippen molar-refractivity contribution in [2.24, 2.45) is 5.41 Å². The van der Waals surface area contributed by atoms with Gasteiger partial charge in [-0.1, -0.05) is 49.9 Å². The molecule has 8 nitrogen and oxygen atoms in total. The molecule has 3 aromatic carbocycles. The first-order valence-electron chi connectivity index (χ1n) is 15.3. The molecule has 1 aliphatic rings. The highest BCUT2D eigenvalue weighted by atomic mass is 16.5. The summed E-state index contributed by atoms with van der Waals surface area (Å²) in [6, 6.07) is 22.1. The van der Waals surface area contributed by atoms with Crippen LogP contribution in [0.4, 0.5) is 0 Å². The van der Waals surface area contributed by atoms with Crippen LogP contribution in [0, 0.1) is 5.41 Å². The minimum Gasteiger partial charge on any atom is -0.494 e. The van der Waals surface area contributed by atoms with E-state index in [1.807, 2.05) is 48.6 Å². The fourth-order valence-corrected chi connectivity index (χ4v) is 4.34. The van der Waals surface area contributed by atoms with Crippen LogP contribution in [-0.2, 0) is 19.0 Å². The standard InChI is InChI=1S/C37H42O8/c1-3-35(38)44-25-7-6-24-43-33-20-14-31(15-21-33)36(39)45-34-18-12-30(13-19-34)9-8-29-10-16-32(17-11-29)42-23-5-4-22-40-26-37(2)27-41-28-37/h3,8-21H,1,4-7,22-28H2,2H3. The Labute approximate surface area is 265 Å². The fraction of sp³-hybridized carbons (Fsp3) is 0.351. The smallest absolute Gasteiger partial charge is 0.343 e. The first kappa shape index (κ1) is 33.5. The summed E-state index contributed by atoms with van der Waals surface area (Å²) in [4.78, 5) is 23.6. The molecule has 0 aromatic heterocycles. The van der Waals surface area contributed by atoms with E-state index in [1.54, 1.807) is 36.4 Å². The van der Waals surface area contributed by atoms with Gasteiger partial charge in [0.15, 0.2) is 0 Å². The SMILES string of the molecule is C=CC(=O)OCCCCOc1ccc(C(=O)Oc2ccc(C=Cc3ccc(OCCCCOCC4(C)COC4)cc3)cc2)cc1. The van der Waals surface area contributed by atoms with Crippen LogP contribution in [0.15, 0.2) is 85.5 Å². The van der Waals surface area contributed by atoms with Crippen molar-refractivity contribution >= 4 is 24.1 Å². The van der Waals surface area contributed by atoms with Crippen molar-refractivity contribution in [2.45, 2.75) is 32.6 Å². The van der Waals surface area contributed by atoms with Crippen LogP contribution in [0.2, 0.25) is 0 Å². The Hall–Kier alpha value is -4.40. The van der Waals surface area contributed by atoms with E-state index in [0.29, 0.717) is 43.3 Å². The third-order valence-corrected chi connectivity index (χ3v) is 7.05. The van der Waals surface area contributed by atoms with Crippen molar-refractivity contribution in [1.82, 2.24) is 0 Å². The van der Waals surface area contributed by atoms with Gasteiger partial charge in [-0.05, 0) is 85.3 Å². The summed E-state index contributed by atoms with van der Waals surface area (Å²) in [7, 11) is 0. The van der Waals surface area contributed by atoms with E-state index < -0.39 is 11.9 Å². The highest BCUT2D eigenvalue weighted by molar-refractivity contribution is 5.91. The molecule has 3 aromatic rings. The molecule has 0 unspecified atom stereocenters. The van der Waals surface area contributed by atoms with Crippen LogP contribution in [0.25, 0.3) is 12.2 Å². The Bertz CT molecular complexity index is 1370. The molecule has 0 aliphatic carbocycles. The van der Waals surface area contributed by atoms with Gasteiger partial charge in [-0.2, -0.15) is 0 Å². The molecule has 1 saturated heterocycles. The number of carbonyl (C=O) groups is 2. The van der Waals surface area contributed by atoms with E-state index in [0.717, 1.165) is 68.6 Å². The number of rotatable bonds is 19. The molecule has 0 amide bonds. The van der Waals surface area contributed by atoms with Gasteiger partial charge in [-0.15, -0.1) is 0 Å². The van der Waals surface area contributed by atoms with Gasteiger partial charge in [-0.3, -0.25) is 0 Å². The first-order chi connectivity index (χ1) is 21.9. The lowest BCUT2D eigenvalue weighted by atomic mass is 9.90. The van der Waals surface area contributed by atoms with Gasteiger partial charge >= 0.3 is 11.9 Å². The molecule has 45 heavy (non-hydrogen) atoms. The maximum absolute atomic E-state index is 12.6. The summed E-state index contributed by atoms with van der Waals surface area (Å²) < 4.78 is 33.0. The summed E-state index contributed by atoms with van der Waals surface area (Å²) in [5.74, 6) is 1.09. The van der Waals surface area contributed by atoms with Crippen LogP contribution < -0.4 is 14.2 Å². The zero-order valence-corrected chi connectivity index (χ0v) is 25.9. The monoisotopic (exact) mass is 614 g/mol. The summed E-state index contributed by atoms with van der Waals surface area (Å²) in [6.45, 7) is 10.1. The molecule has 1 aliphatic heterocycles. The number of esters is 2. The van der Waals surface area contributed by atoms with Gasteiger partial charge in [0.1, 0.15) is 17.2 Å². The van der Waals surface area contributed by atoms with E-state index >= 15 is 0 Å². The van der Waals surface area contributed by atoms with Crippen LogP contribution >= 0.6 is 0 Å². The van der Waals surface area contributed by atoms with Crippen LogP contribution in [0.3, 0.4) is 0 Å². The maximum atomic E-state index is 12.6. The summed E-state index contributed by atoms with van der Waals surface area (Å²) in [5, 5.41) is 0. The van der Waals surface area contributed by atoms with Crippen LogP contribution in [-0.4, -0.2) is 58.2 Å². The van der Waals surface area contributed by atoms with Crippen molar-refractivity contribution in [2.75, 3.05) is 46.2 Å². The van der Waals surface area contributed by atoms with Gasteiger partial charge in [0, 0.05) is 18.1 Å². The highest BCUT2D eigenvalue weighted by Crippen LogP contribution is 2.26. The molecule has 0 spiro atoms. The number of carbonyl (C=O) groups excluding carboxylic acids is 2. The number of benzene rings is 3. The third-order valence-electron chi connectivity index (χ3n) is 7.05. The quantitative estimate of drug-likeness (QED) is 0.0461. The molecule has 238 valence electrons. The second-order valence-corrected chi connectivity index (χ2v) is 11.2. The lowest BCUT2D eigenvalue weighted by Crippen LogP contribution is -2.43. The van der Waals surface area contributed by atoms with E-state index in [-0.39, 0.29) is 5.41 Å². The molecule has 0 atom stereocenters. The second-order valence-electron chi connectivity index (χ2n) is 11.2. The molecule has 1 fully saturated rings. The normalized spacial score (nSPS) is 13.5. The minimum absolute atomic E-state index is 0.201. The van der Waals surface area contributed by atoms with Gasteiger partial charge in [-0.25, -0.2) is 9.59 Å². The largest absolute Gasteiger partial charge is 0.494 e. The molecule has 0 N–H and O–H groups in total. The molecule has 1 heterocycles. The molecular formula is C37H42O8. The molecule has 8 heteroatoms. The molecular weight excluding hydrogens is 572 g/mol. The van der Waals surface area contributed by atoms with Gasteiger partial charge < -0.3 is 28.4 Å². The Balaban J connectivity index is 1.11. The van der Waals surface area contributed by atoms with Crippen LogP contribution in [0.1, 0.15) is 54.1 Å². The summed E-state index contributed by atoms with van der Waals surface area (Å²) in [5.41, 5.74) is 2.66. The lowest BCUT2D eigenvalue weighted by molar-refractivity contribution is -0.138. The summed E-state index contributed by atoms with van der Waals surface area (Å²) in [6.07, 6.45) is 8.51. The lowest BCUT2D eigenvalue weighted by Gasteiger charge is -2.37. The Morgan fingerprint density at radius 1 is 0.733 bits per heavy atom. The van der Waals surface area contributed by atoms with E-state index in [9.17, 15) is 9.59 Å².